The van der Waals surface area contributed by atoms with Gasteiger partial charge in [-0.2, -0.15) is 0 Å². The minimum absolute atomic E-state index is 0.0539. The normalized spacial score (nSPS) is 10.7. The number of carbonyl (C=O) groups is 1. The lowest BCUT2D eigenvalue weighted by Crippen LogP contribution is -2.20. The minimum atomic E-state index is -0.213. The number of aryl methyl sites for hydroxylation is 1. The van der Waals surface area contributed by atoms with Crippen LogP contribution in [0.1, 0.15) is 30.9 Å². The Bertz CT molecular complexity index is 716. The molecular weight excluding hydrogens is 378 g/mol. The summed E-state index contributed by atoms with van der Waals surface area (Å²) in [6.45, 7) is 6.10. The van der Waals surface area contributed by atoms with Gasteiger partial charge in [-0.15, -0.1) is 0 Å². The number of hydrogen-bond acceptors (Lipinski definition) is 2. The maximum Gasteiger partial charge on any atom is 0.262 e. The number of rotatable bonds is 5. The van der Waals surface area contributed by atoms with Crippen LogP contribution in [0.3, 0.4) is 0 Å². The van der Waals surface area contributed by atoms with Gasteiger partial charge in [-0.25, -0.2) is 0 Å². The quantitative estimate of drug-likeness (QED) is 0.719. The second-order valence-electron chi connectivity index (χ2n) is 5.64. The van der Waals surface area contributed by atoms with Crippen LogP contribution in [0.4, 0.5) is 5.69 Å². The lowest BCUT2D eigenvalue weighted by Gasteiger charge is -2.12. The highest BCUT2D eigenvalue weighted by atomic mass is 79.9. The van der Waals surface area contributed by atoms with E-state index in [9.17, 15) is 4.79 Å². The van der Waals surface area contributed by atoms with E-state index in [0.717, 1.165) is 15.7 Å². The molecule has 0 aromatic heterocycles. The van der Waals surface area contributed by atoms with Gasteiger partial charge >= 0.3 is 0 Å². The first-order valence-corrected chi connectivity index (χ1v) is 8.52. The first-order valence-electron chi connectivity index (χ1n) is 7.35. The van der Waals surface area contributed by atoms with E-state index in [0.29, 0.717) is 16.7 Å². The molecule has 1 amide bonds. The molecule has 0 saturated heterocycles. The third-order valence-corrected chi connectivity index (χ3v) is 4.30. The maximum atomic E-state index is 12.0. The van der Waals surface area contributed by atoms with E-state index in [2.05, 4.69) is 35.1 Å². The molecule has 0 aliphatic rings. The number of carbonyl (C=O) groups excluding carboxylic acids is 1. The van der Waals surface area contributed by atoms with E-state index in [4.69, 9.17) is 16.3 Å². The van der Waals surface area contributed by atoms with E-state index < -0.39 is 0 Å². The van der Waals surface area contributed by atoms with Gasteiger partial charge in [0, 0.05) is 10.7 Å². The number of ether oxygens (including phenoxy) is 1. The van der Waals surface area contributed by atoms with Crippen molar-refractivity contribution in [2.75, 3.05) is 11.9 Å². The van der Waals surface area contributed by atoms with Gasteiger partial charge in [0.2, 0.25) is 0 Å². The molecule has 0 saturated carbocycles. The Kier molecular flexibility index (Phi) is 6.08. The fraction of sp³-hybridized carbons (Fsp3) is 0.278. The van der Waals surface area contributed by atoms with Gasteiger partial charge in [0.05, 0.1) is 4.47 Å². The number of nitrogens with one attached hydrogen (secondary N) is 1. The Balaban J connectivity index is 1.96. The Morgan fingerprint density at radius 1 is 1.26 bits per heavy atom. The SMILES string of the molecule is Cc1cc(Cl)ccc1NC(=O)COc1ccc(C(C)C)cc1Br. The third-order valence-electron chi connectivity index (χ3n) is 3.44. The predicted octanol–water partition coefficient (Wildman–Crippen LogP) is 5.55. The second kappa shape index (κ2) is 7.84. The van der Waals surface area contributed by atoms with Crippen molar-refractivity contribution >= 4 is 39.1 Å². The first kappa shape index (κ1) is 17.8. The minimum Gasteiger partial charge on any atom is -0.483 e. The van der Waals surface area contributed by atoms with Crippen molar-refractivity contribution in [1.82, 2.24) is 0 Å². The number of hydrogen-bond donors (Lipinski definition) is 1. The topological polar surface area (TPSA) is 38.3 Å². The van der Waals surface area contributed by atoms with E-state index >= 15 is 0 Å². The Morgan fingerprint density at radius 2 is 2.00 bits per heavy atom. The fourth-order valence-corrected chi connectivity index (χ4v) is 2.83. The molecule has 0 aliphatic carbocycles. The van der Waals surface area contributed by atoms with Crippen LogP contribution in [0.25, 0.3) is 0 Å². The fourth-order valence-electron chi connectivity index (χ4n) is 2.09. The summed E-state index contributed by atoms with van der Waals surface area (Å²) in [5.41, 5.74) is 2.86. The number of amides is 1. The number of halogens is 2. The largest absolute Gasteiger partial charge is 0.483 e. The highest BCUT2D eigenvalue weighted by Gasteiger charge is 2.09. The van der Waals surface area contributed by atoms with Crippen LogP contribution in [0.5, 0.6) is 5.75 Å². The standard InChI is InChI=1S/C18H19BrClNO2/c1-11(2)13-4-7-17(15(19)9-13)23-10-18(22)21-16-6-5-14(20)8-12(16)3/h4-9,11H,10H2,1-3H3,(H,21,22). The Morgan fingerprint density at radius 3 is 2.61 bits per heavy atom. The molecule has 0 atom stereocenters. The molecule has 1 N–H and O–H groups in total. The molecule has 0 unspecified atom stereocenters. The summed E-state index contributed by atoms with van der Waals surface area (Å²) in [4.78, 5) is 12.0. The number of anilines is 1. The smallest absolute Gasteiger partial charge is 0.262 e. The second-order valence-corrected chi connectivity index (χ2v) is 6.93. The molecule has 2 aromatic carbocycles. The molecule has 23 heavy (non-hydrogen) atoms. The zero-order chi connectivity index (χ0) is 17.0. The van der Waals surface area contributed by atoms with Gasteiger partial charge < -0.3 is 10.1 Å². The van der Waals surface area contributed by atoms with Crippen LogP contribution >= 0.6 is 27.5 Å². The molecule has 0 bridgehead atoms. The number of benzene rings is 2. The van der Waals surface area contributed by atoms with E-state index in [1.165, 1.54) is 5.56 Å². The summed E-state index contributed by atoms with van der Waals surface area (Å²) in [6, 6.07) is 11.2. The Labute approximate surface area is 150 Å². The van der Waals surface area contributed by atoms with Gasteiger partial charge in [-0.3, -0.25) is 4.79 Å². The summed E-state index contributed by atoms with van der Waals surface area (Å²) < 4.78 is 6.43. The van der Waals surface area contributed by atoms with Crippen LogP contribution in [0.15, 0.2) is 40.9 Å². The summed E-state index contributed by atoms with van der Waals surface area (Å²) >= 11 is 9.39. The summed E-state index contributed by atoms with van der Waals surface area (Å²) in [7, 11) is 0. The van der Waals surface area contributed by atoms with Gasteiger partial charge in [0.25, 0.3) is 5.91 Å². The zero-order valence-corrected chi connectivity index (χ0v) is 15.7. The summed E-state index contributed by atoms with van der Waals surface area (Å²) in [6.07, 6.45) is 0. The highest BCUT2D eigenvalue weighted by Crippen LogP contribution is 2.29. The van der Waals surface area contributed by atoms with Crippen molar-refractivity contribution in [3.63, 3.8) is 0 Å². The first-order chi connectivity index (χ1) is 10.9. The molecule has 3 nitrogen and oxygen atoms in total. The van der Waals surface area contributed by atoms with Crippen LogP contribution in [-0.4, -0.2) is 12.5 Å². The van der Waals surface area contributed by atoms with Crippen LogP contribution < -0.4 is 10.1 Å². The lowest BCUT2D eigenvalue weighted by atomic mass is 10.0. The molecule has 0 fully saturated rings. The van der Waals surface area contributed by atoms with Crippen molar-refractivity contribution in [2.24, 2.45) is 0 Å². The van der Waals surface area contributed by atoms with Gasteiger partial charge in [-0.1, -0.05) is 31.5 Å². The average Bonchev–Trinajstić information content (AvgIpc) is 2.48. The third kappa shape index (κ3) is 4.98. The molecule has 122 valence electrons. The summed E-state index contributed by atoms with van der Waals surface area (Å²) in [5.74, 6) is 0.879. The van der Waals surface area contributed by atoms with Crippen molar-refractivity contribution in [2.45, 2.75) is 26.7 Å². The summed E-state index contributed by atoms with van der Waals surface area (Å²) in [5, 5.41) is 3.46. The molecular formula is C18H19BrClNO2. The van der Waals surface area contributed by atoms with Crippen LogP contribution in [-0.2, 0) is 4.79 Å². The molecule has 2 rings (SSSR count). The molecule has 0 radical (unpaired) electrons. The van der Waals surface area contributed by atoms with E-state index in [-0.39, 0.29) is 12.5 Å². The van der Waals surface area contributed by atoms with Crippen molar-refractivity contribution in [1.29, 1.82) is 0 Å². The van der Waals surface area contributed by atoms with Crippen molar-refractivity contribution < 1.29 is 9.53 Å². The predicted molar refractivity (Wildman–Crippen MR) is 98.5 cm³/mol. The van der Waals surface area contributed by atoms with Crippen LogP contribution in [0, 0.1) is 6.92 Å². The van der Waals surface area contributed by atoms with Crippen molar-refractivity contribution in [3.8, 4) is 5.75 Å². The van der Waals surface area contributed by atoms with Crippen LogP contribution in [0.2, 0.25) is 5.02 Å². The molecule has 2 aromatic rings. The van der Waals surface area contributed by atoms with Crippen molar-refractivity contribution in [3.05, 3.63) is 57.0 Å². The lowest BCUT2D eigenvalue weighted by molar-refractivity contribution is -0.118. The zero-order valence-electron chi connectivity index (χ0n) is 13.3. The van der Waals surface area contributed by atoms with E-state index in [1.54, 1.807) is 18.2 Å². The van der Waals surface area contributed by atoms with Gasteiger partial charge in [-0.05, 0) is 70.2 Å². The average molecular weight is 397 g/mol. The molecule has 0 aliphatic heterocycles. The molecule has 5 heteroatoms. The van der Waals surface area contributed by atoms with E-state index in [1.807, 2.05) is 25.1 Å². The monoisotopic (exact) mass is 395 g/mol. The van der Waals surface area contributed by atoms with Gasteiger partial charge in [0.15, 0.2) is 6.61 Å². The van der Waals surface area contributed by atoms with Gasteiger partial charge in [0.1, 0.15) is 5.75 Å². The Hall–Kier alpha value is -1.52. The molecule has 0 spiro atoms. The maximum absolute atomic E-state index is 12.0. The molecule has 0 heterocycles. The highest BCUT2D eigenvalue weighted by molar-refractivity contribution is 9.10.